The van der Waals surface area contributed by atoms with Crippen molar-refractivity contribution in [2.24, 2.45) is 11.3 Å². The molecule has 4 heteroatoms. The fourth-order valence-electron chi connectivity index (χ4n) is 2.60. The van der Waals surface area contributed by atoms with E-state index in [9.17, 15) is 0 Å². The topological polar surface area (TPSA) is 39.7 Å². The average Bonchev–Trinajstić information content (AvgIpc) is 2.71. The van der Waals surface area contributed by atoms with Crippen molar-refractivity contribution >= 4 is 0 Å². The predicted molar refractivity (Wildman–Crippen MR) is 77.5 cm³/mol. The van der Waals surface area contributed by atoms with Crippen LogP contribution in [0.3, 0.4) is 0 Å². The van der Waals surface area contributed by atoms with Gasteiger partial charge in [-0.3, -0.25) is 0 Å². The van der Waals surface area contributed by atoms with Crippen molar-refractivity contribution in [3.63, 3.8) is 0 Å². The number of rotatable bonds is 10. The first-order valence-electron chi connectivity index (χ1n) is 7.50. The molecule has 19 heavy (non-hydrogen) atoms. The Labute approximate surface area is 118 Å². The summed E-state index contributed by atoms with van der Waals surface area (Å²) in [4.78, 5) is 0. The molecule has 0 bridgehead atoms. The van der Waals surface area contributed by atoms with Gasteiger partial charge in [0.25, 0.3) is 0 Å². The lowest BCUT2D eigenvalue weighted by Crippen LogP contribution is -2.41. The molecule has 1 aliphatic heterocycles. The Morgan fingerprint density at radius 1 is 1.32 bits per heavy atom. The molecule has 4 nitrogen and oxygen atoms in total. The summed E-state index contributed by atoms with van der Waals surface area (Å²) in [5, 5.41) is 3.59. The van der Waals surface area contributed by atoms with E-state index in [4.69, 9.17) is 14.2 Å². The van der Waals surface area contributed by atoms with Gasteiger partial charge in [-0.25, -0.2) is 0 Å². The van der Waals surface area contributed by atoms with Crippen molar-refractivity contribution in [1.29, 1.82) is 0 Å². The molecule has 114 valence electrons. The first-order valence-corrected chi connectivity index (χ1v) is 7.50. The van der Waals surface area contributed by atoms with Gasteiger partial charge in [-0.15, -0.1) is 0 Å². The summed E-state index contributed by atoms with van der Waals surface area (Å²) in [5.41, 5.74) is 0.238. The van der Waals surface area contributed by atoms with Gasteiger partial charge in [-0.1, -0.05) is 13.8 Å². The monoisotopic (exact) mass is 273 g/mol. The second-order valence-corrected chi connectivity index (χ2v) is 6.01. The standard InChI is InChI=1S/C15H31NO3/c1-13(2)11-16-12-15(6-8-19-14(15)3)5-7-18-10-9-17-4/h13-14,16H,5-12H2,1-4H3. The quantitative estimate of drug-likeness (QED) is 0.619. The molecular formula is C15H31NO3. The lowest BCUT2D eigenvalue weighted by Gasteiger charge is -2.33. The van der Waals surface area contributed by atoms with E-state index in [0.717, 1.165) is 39.1 Å². The minimum atomic E-state index is 0.238. The summed E-state index contributed by atoms with van der Waals surface area (Å²) in [5.74, 6) is 0.688. The number of hydrogen-bond acceptors (Lipinski definition) is 4. The molecule has 0 aromatic rings. The van der Waals surface area contributed by atoms with E-state index in [2.05, 4.69) is 26.1 Å². The fourth-order valence-corrected chi connectivity index (χ4v) is 2.60. The maximum atomic E-state index is 5.78. The molecule has 2 unspecified atom stereocenters. The van der Waals surface area contributed by atoms with E-state index < -0.39 is 0 Å². The third-order valence-electron chi connectivity index (χ3n) is 4.04. The minimum Gasteiger partial charge on any atom is -0.382 e. The highest BCUT2D eigenvalue weighted by Crippen LogP contribution is 2.37. The Bertz CT molecular complexity index is 235. The van der Waals surface area contributed by atoms with Crippen LogP contribution in [0.4, 0.5) is 0 Å². The van der Waals surface area contributed by atoms with Crippen LogP contribution in [-0.4, -0.2) is 52.7 Å². The van der Waals surface area contributed by atoms with Crippen LogP contribution in [0.15, 0.2) is 0 Å². The highest BCUT2D eigenvalue weighted by Gasteiger charge is 2.40. The normalized spacial score (nSPS) is 27.3. The molecule has 0 aromatic heterocycles. The molecule has 0 aromatic carbocycles. The molecule has 0 aliphatic carbocycles. The van der Waals surface area contributed by atoms with E-state index in [1.54, 1.807) is 7.11 Å². The fraction of sp³-hybridized carbons (Fsp3) is 1.00. The van der Waals surface area contributed by atoms with E-state index >= 15 is 0 Å². The van der Waals surface area contributed by atoms with Crippen LogP contribution in [0.25, 0.3) is 0 Å². The van der Waals surface area contributed by atoms with Crippen molar-refractivity contribution in [3.05, 3.63) is 0 Å². The highest BCUT2D eigenvalue weighted by atomic mass is 16.5. The molecule has 1 saturated heterocycles. The molecule has 1 aliphatic rings. The summed E-state index contributed by atoms with van der Waals surface area (Å²) in [6.45, 7) is 11.8. The van der Waals surface area contributed by atoms with E-state index in [1.807, 2.05) is 0 Å². The molecule has 0 amide bonds. The summed E-state index contributed by atoms with van der Waals surface area (Å²) < 4.78 is 16.4. The van der Waals surface area contributed by atoms with Crippen LogP contribution in [0.1, 0.15) is 33.6 Å². The second kappa shape index (κ2) is 8.90. The first-order chi connectivity index (χ1) is 9.10. The molecule has 2 atom stereocenters. The molecular weight excluding hydrogens is 242 g/mol. The molecule has 1 N–H and O–H groups in total. The lowest BCUT2D eigenvalue weighted by molar-refractivity contribution is 0.0206. The SMILES string of the molecule is COCCOCCC1(CNCC(C)C)CCOC1C. The number of ether oxygens (including phenoxy) is 3. The molecule has 0 saturated carbocycles. The van der Waals surface area contributed by atoms with Gasteiger partial charge >= 0.3 is 0 Å². The molecule has 1 rings (SSSR count). The summed E-state index contributed by atoms with van der Waals surface area (Å²) >= 11 is 0. The Balaban J connectivity index is 2.33. The van der Waals surface area contributed by atoms with Crippen molar-refractivity contribution < 1.29 is 14.2 Å². The van der Waals surface area contributed by atoms with Crippen LogP contribution in [0.5, 0.6) is 0 Å². The third-order valence-corrected chi connectivity index (χ3v) is 4.04. The molecule has 0 radical (unpaired) electrons. The van der Waals surface area contributed by atoms with E-state index in [0.29, 0.717) is 25.2 Å². The van der Waals surface area contributed by atoms with Gasteiger partial charge in [0.05, 0.1) is 19.3 Å². The third kappa shape index (κ3) is 5.78. The van der Waals surface area contributed by atoms with E-state index in [-0.39, 0.29) is 5.41 Å². The molecule has 1 fully saturated rings. The van der Waals surface area contributed by atoms with Gasteiger partial charge in [0.1, 0.15) is 0 Å². The van der Waals surface area contributed by atoms with Crippen LogP contribution in [0.2, 0.25) is 0 Å². The first kappa shape index (κ1) is 16.9. The van der Waals surface area contributed by atoms with Crippen LogP contribution >= 0.6 is 0 Å². The highest BCUT2D eigenvalue weighted by molar-refractivity contribution is 4.91. The smallest absolute Gasteiger partial charge is 0.0700 e. The maximum Gasteiger partial charge on any atom is 0.0700 e. The van der Waals surface area contributed by atoms with Crippen molar-refractivity contribution in [1.82, 2.24) is 5.32 Å². The lowest BCUT2D eigenvalue weighted by atomic mass is 9.78. The largest absolute Gasteiger partial charge is 0.382 e. The van der Waals surface area contributed by atoms with Crippen molar-refractivity contribution in [2.75, 3.05) is 46.6 Å². The summed E-state index contributed by atoms with van der Waals surface area (Å²) in [6.07, 6.45) is 2.51. The van der Waals surface area contributed by atoms with Crippen molar-refractivity contribution in [2.45, 2.75) is 39.7 Å². The van der Waals surface area contributed by atoms with Crippen LogP contribution in [0, 0.1) is 11.3 Å². The predicted octanol–water partition coefficient (Wildman–Crippen LogP) is 2.08. The van der Waals surface area contributed by atoms with Gasteiger partial charge in [0.2, 0.25) is 0 Å². The molecule has 0 spiro atoms. The number of hydrogen-bond donors (Lipinski definition) is 1. The summed E-state index contributed by atoms with van der Waals surface area (Å²) in [6, 6.07) is 0. The van der Waals surface area contributed by atoms with Gasteiger partial charge < -0.3 is 19.5 Å². The zero-order valence-electron chi connectivity index (χ0n) is 13.0. The van der Waals surface area contributed by atoms with Crippen molar-refractivity contribution in [3.8, 4) is 0 Å². The van der Waals surface area contributed by atoms with Crippen LogP contribution in [-0.2, 0) is 14.2 Å². The van der Waals surface area contributed by atoms with Gasteiger partial charge in [-0.2, -0.15) is 0 Å². The van der Waals surface area contributed by atoms with Gasteiger partial charge in [-0.05, 0) is 32.2 Å². The maximum absolute atomic E-state index is 5.78. The molecule has 1 heterocycles. The average molecular weight is 273 g/mol. The summed E-state index contributed by atoms with van der Waals surface area (Å²) in [7, 11) is 1.70. The van der Waals surface area contributed by atoms with E-state index in [1.165, 1.54) is 0 Å². The Morgan fingerprint density at radius 3 is 2.68 bits per heavy atom. The van der Waals surface area contributed by atoms with Gasteiger partial charge in [0.15, 0.2) is 0 Å². The Kier molecular flexibility index (Phi) is 7.91. The Hall–Kier alpha value is -0.160. The number of nitrogens with one attached hydrogen (secondary N) is 1. The minimum absolute atomic E-state index is 0.238. The van der Waals surface area contributed by atoms with Gasteiger partial charge in [0, 0.05) is 32.3 Å². The Morgan fingerprint density at radius 2 is 2.11 bits per heavy atom. The van der Waals surface area contributed by atoms with Crippen LogP contribution < -0.4 is 5.32 Å². The zero-order valence-corrected chi connectivity index (χ0v) is 13.0. The second-order valence-electron chi connectivity index (χ2n) is 6.01. The number of methoxy groups -OCH3 is 1. The zero-order chi connectivity index (χ0) is 14.1.